The fourth-order valence-corrected chi connectivity index (χ4v) is 7.26. The van der Waals surface area contributed by atoms with Crippen molar-refractivity contribution in [1.29, 1.82) is 0 Å². The number of rotatable bonds is 12. The average molecular weight is 739 g/mol. The Morgan fingerprint density at radius 3 is 1.33 bits per heavy atom. The van der Waals surface area contributed by atoms with E-state index in [0.717, 1.165) is 35.3 Å². The van der Waals surface area contributed by atoms with Crippen molar-refractivity contribution < 1.29 is 36.6 Å². The van der Waals surface area contributed by atoms with Crippen LogP contribution in [0.3, 0.4) is 0 Å². The van der Waals surface area contributed by atoms with E-state index in [9.17, 15) is 36.6 Å². The number of carboxylic acids is 2. The number of nitrogens with two attached hydrogens (primary N) is 1. The largest absolute Gasteiger partial charge is 0.480 e. The van der Waals surface area contributed by atoms with E-state index in [1.165, 1.54) is 37.1 Å². The summed E-state index contributed by atoms with van der Waals surface area (Å²) in [6, 6.07) is 28.3. The Morgan fingerprint density at radius 1 is 0.686 bits per heavy atom. The molecule has 1 aliphatic rings. The first-order valence-electron chi connectivity index (χ1n) is 16.3. The number of aliphatic carboxylic acids is 2. The number of sulfonamides is 2. The maximum Gasteiger partial charge on any atom is 0.322 e. The van der Waals surface area contributed by atoms with Crippen LogP contribution in [-0.2, 0) is 42.5 Å². The van der Waals surface area contributed by atoms with Gasteiger partial charge in [0.25, 0.3) is 0 Å². The Hall–Kier alpha value is -4.44. The van der Waals surface area contributed by atoms with Crippen molar-refractivity contribution in [3.05, 3.63) is 131 Å². The van der Waals surface area contributed by atoms with Gasteiger partial charge >= 0.3 is 11.9 Å². The minimum Gasteiger partial charge on any atom is -0.480 e. The van der Waals surface area contributed by atoms with Gasteiger partial charge in [-0.25, -0.2) is 16.8 Å². The lowest BCUT2D eigenvalue weighted by Gasteiger charge is -2.17. The molecule has 274 valence electrons. The highest BCUT2D eigenvalue weighted by Crippen LogP contribution is 2.14. The molecular formula is C37H46N4O8S2. The van der Waals surface area contributed by atoms with Gasteiger partial charge in [0, 0.05) is 12.6 Å². The summed E-state index contributed by atoms with van der Waals surface area (Å²) in [7, 11) is -7.74. The summed E-state index contributed by atoms with van der Waals surface area (Å²) in [6.07, 6.45) is 2.62. The van der Waals surface area contributed by atoms with Gasteiger partial charge in [0.05, 0.1) is 9.79 Å². The van der Waals surface area contributed by atoms with Gasteiger partial charge in [0.15, 0.2) is 0 Å². The van der Waals surface area contributed by atoms with Gasteiger partial charge < -0.3 is 21.3 Å². The van der Waals surface area contributed by atoms with Crippen LogP contribution in [0, 0.1) is 13.8 Å². The number of carbonyl (C=O) groups is 2. The Labute approximate surface area is 300 Å². The first-order valence-corrected chi connectivity index (χ1v) is 19.3. The van der Waals surface area contributed by atoms with Crippen LogP contribution in [-0.4, -0.2) is 70.2 Å². The molecule has 1 fully saturated rings. The Balaban J connectivity index is 0.000000231. The summed E-state index contributed by atoms with van der Waals surface area (Å²) in [4.78, 5) is 22.8. The predicted molar refractivity (Wildman–Crippen MR) is 196 cm³/mol. The van der Waals surface area contributed by atoms with Gasteiger partial charge in [-0.1, -0.05) is 96.1 Å². The van der Waals surface area contributed by atoms with Gasteiger partial charge in [-0.3, -0.25) is 9.59 Å². The third-order valence-corrected chi connectivity index (χ3v) is 10.7. The lowest BCUT2D eigenvalue weighted by Crippen LogP contribution is -2.42. The molecule has 4 aromatic rings. The summed E-state index contributed by atoms with van der Waals surface area (Å²) in [5, 5.41) is 21.7. The van der Waals surface area contributed by atoms with Crippen LogP contribution in [0.4, 0.5) is 0 Å². The van der Waals surface area contributed by atoms with E-state index in [4.69, 9.17) is 5.73 Å². The molecule has 0 radical (unpaired) electrons. The molecule has 14 heteroatoms. The number of nitrogens with one attached hydrogen (secondary N) is 3. The number of benzene rings is 4. The molecule has 12 nitrogen and oxygen atoms in total. The first-order chi connectivity index (χ1) is 24.2. The molecule has 0 aromatic heterocycles. The fraction of sp³-hybridized carbons (Fsp3) is 0.297. The predicted octanol–water partition coefficient (Wildman–Crippen LogP) is 3.64. The van der Waals surface area contributed by atoms with E-state index in [-0.39, 0.29) is 22.6 Å². The molecule has 51 heavy (non-hydrogen) atoms. The second-order valence-electron chi connectivity index (χ2n) is 12.1. The number of piperidine rings is 1. The normalized spacial score (nSPS) is 15.5. The van der Waals surface area contributed by atoms with E-state index >= 15 is 0 Å². The average Bonchev–Trinajstić information content (AvgIpc) is 3.10. The molecule has 0 amide bonds. The van der Waals surface area contributed by atoms with Crippen LogP contribution in [0.1, 0.15) is 35.1 Å². The molecule has 0 saturated carbocycles. The van der Waals surface area contributed by atoms with E-state index in [0.29, 0.717) is 6.04 Å². The van der Waals surface area contributed by atoms with Crippen molar-refractivity contribution in [2.24, 2.45) is 5.73 Å². The molecule has 5 rings (SSSR count). The van der Waals surface area contributed by atoms with Crippen LogP contribution in [0.5, 0.6) is 0 Å². The third-order valence-electron chi connectivity index (χ3n) is 7.75. The van der Waals surface area contributed by atoms with Crippen molar-refractivity contribution in [3.8, 4) is 0 Å². The minimum absolute atomic E-state index is 0.0532. The van der Waals surface area contributed by atoms with Crippen LogP contribution >= 0.6 is 0 Å². The quantitative estimate of drug-likeness (QED) is 0.125. The maximum atomic E-state index is 12.3. The zero-order chi connectivity index (χ0) is 37.4. The highest BCUT2D eigenvalue weighted by Gasteiger charge is 2.26. The molecule has 0 unspecified atom stereocenters. The van der Waals surface area contributed by atoms with E-state index in [1.807, 2.05) is 26.0 Å². The lowest BCUT2D eigenvalue weighted by molar-refractivity contribution is -0.139. The SMILES string of the molecule is Cc1ccc(S(=O)(=O)N[C@@H](Cc2ccccc2)C(=O)O)cc1.Cc1ccc(S(=O)(=O)N[C@@H](Cc2ccccc2)C(=O)O)cc1.N[C@@H]1CCCNC1. The highest BCUT2D eigenvalue weighted by molar-refractivity contribution is 7.89. The topological polar surface area (TPSA) is 205 Å². The number of aryl methyl sites for hydroxylation is 2. The summed E-state index contributed by atoms with van der Waals surface area (Å²) in [5.41, 5.74) is 8.93. The molecule has 0 bridgehead atoms. The summed E-state index contributed by atoms with van der Waals surface area (Å²) in [6.45, 7) is 5.87. The van der Waals surface area contributed by atoms with Gasteiger partial charge in [0.1, 0.15) is 12.1 Å². The summed E-state index contributed by atoms with van der Waals surface area (Å²) < 4.78 is 53.6. The van der Waals surface area contributed by atoms with E-state index in [2.05, 4.69) is 14.8 Å². The molecule has 1 heterocycles. The number of hydrogen-bond acceptors (Lipinski definition) is 8. The van der Waals surface area contributed by atoms with Crippen molar-refractivity contribution in [2.45, 2.75) is 67.4 Å². The van der Waals surface area contributed by atoms with Gasteiger partial charge in [-0.05, 0) is 81.5 Å². The van der Waals surface area contributed by atoms with E-state index in [1.54, 1.807) is 72.8 Å². The zero-order valence-electron chi connectivity index (χ0n) is 28.6. The van der Waals surface area contributed by atoms with Crippen LogP contribution < -0.4 is 20.5 Å². The monoisotopic (exact) mass is 738 g/mol. The van der Waals surface area contributed by atoms with Gasteiger partial charge in [-0.2, -0.15) is 9.44 Å². The zero-order valence-corrected chi connectivity index (χ0v) is 30.2. The van der Waals surface area contributed by atoms with Crippen molar-refractivity contribution >= 4 is 32.0 Å². The van der Waals surface area contributed by atoms with Crippen molar-refractivity contribution in [2.75, 3.05) is 13.1 Å². The second kappa shape index (κ2) is 19.8. The van der Waals surface area contributed by atoms with E-state index < -0.39 is 44.1 Å². The molecule has 0 spiro atoms. The molecule has 7 N–H and O–H groups in total. The van der Waals surface area contributed by atoms with Crippen LogP contribution in [0.2, 0.25) is 0 Å². The lowest BCUT2D eigenvalue weighted by atomic mass is 10.1. The number of carboxylic acid groups (broad SMARTS) is 2. The fourth-order valence-electron chi connectivity index (χ4n) is 4.88. The molecule has 0 aliphatic carbocycles. The molecular weight excluding hydrogens is 693 g/mol. The van der Waals surface area contributed by atoms with Gasteiger partial charge in [0.2, 0.25) is 20.0 Å². The van der Waals surface area contributed by atoms with Gasteiger partial charge in [-0.15, -0.1) is 0 Å². The second-order valence-corrected chi connectivity index (χ2v) is 15.6. The minimum atomic E-state index is -3.87. The summed E-state index contributed by atoms with van der Waals surface area (Å²) in [5.74, 6) is -2.42. The Bertz CT molecular complexity index is 1750. The Morgan fingerprint density at radius 2 is 1.06 bits per heavy atom. The van der Waals surface area contributed by atoms with Crippen LogP contribution in [0.15, 0.2) is 119 Å². The first kappa shape index (κ1) is 41.0. The molecule has 1 saturated heterocycles. The maximum absolute atomic E-state index is 12.3. The highest BCUT2D eigenvalue weighted by atomic mass is 32.2. The molecule has 3 atom stereocenters. The smallest absolute Gasteiger partial charge is 0.322 e. The third kappa shape index (κ3) is 14.4. The van der Waals surface area contributed by atoms with Crippen molar-refractivity contribution in [3.63, 3.8) is 0 Å². The van der Waals surface area contributed by atoms with Crippen molar-refractivity contribution in [1.82, 2.24) is 14.8 Å². The molecule has 1 aliphatic heterocycles. The standard InChI is InChI=1S/2C16H17NO4S.C5H12N2/c2*1-12-7-9-14(10-8-12)22(20,21)17-15(16(18)19)11-13-5-3-2-4-6-13;6-5-2-1-3-7-4-5/h2*2-10,15,17H,11H2,1H3,(H,18,19);5,7H,1-4,6H2/t2*15-;5-/m001/s1. The number of hydrogen-bond donors (Lipinski definition) is 6. The Kier molecular flexibility index (Phi) is 15.9. The van der Waals surface area contributed by atoms with Crippen LogP contribution in [0.25, 0.3) is 0 Å². The molecule has 4 aromatic carbocycles. The summed E-state index contributed by atoms with van der Waals surface area (Å²) >= 11 is 0.